The summed E-state index contributed by atoms with van der Waals surface area (Å²) in [6.07, 6.45) is 8.72. The minimum Gasteiger partial charge on any atom is -0.485 e. The van der Waals surface area contributed by atoms with Crippen molar-refractivity contribution in [3.63, 3.8) is 0 Å². The van der Waals surface area contributed by atoms with E-state index in [-0.39, 0.29) is 22.9 Å². The van der Waals surface area contributed by atoms with E-state index < -0.39 is 0 Å². The molecule has 2 nitrogen and oxygen atoms in total. The fourth-order valence-electron chi connectivity index (χ4n) is 10.9. The number of rotatable bonds is 3. The molecule has 3 aliphatic carbocycles. The van der Waals surface area contributed by atoms with Crippen molar-refractivity contribution >= 4 is 49.4 Å². The van der Waals surface area contributed by atoms with E-state index in [0.29, 0.717) is 0 Å². The van der Waals surface area contributed by atoms with E-state index in [1.807, 2.05) is 0 Å². The molecule has 0 fully saturated rings. The maximum atomic E-state index is 6.62. The molecule has 8 aromatic rings. The first-order valence-corrected chi connectivity index (χ1v) is 20.0. The number of benzene rings is 8. The highest BCUT2D eigenvalue weighted by atomic mass is 16.5. The molecule has 1 aliphatic heterocycles. The molecular weight excluding hydrogens is 679 g/mol. The van der Waals surface area contributed by atoms with Gasteiger partial charge in [0.2, 0.25) is 0 Å². The predicted octanol–water partition coefficient (Wildman–Crippen LogP) is 14.2. The van der Waals surface area contributed by atoms with Crippen LogP contribution in [0, 0.1) is 0 Å². The SMILES string of the molecule is CC1(C)c2ccccc2-c2c1ccc1c2C(C)(C)c2cc(N(c3ccc4c(c3)OC3C=CC=CC43)c3ccc4c5ccccc5c5ccccc5c4c3)ccc2-1. The van der Waals surface area contributed by atoms with E-state index in [1.165, 1.54) is 82.4 Å². The Bertz CT molecular complexity index is 3050. The molecule has 268 valence electrons. The number of allylic oxidation sites excluding steroid dienone is 2. The van der Waals surface area contributed by atoms with Gasteiger partial charge in [0.15, 0.2) is 0 Å². The zero-order valence-electron chi connectivity index (χ0n) is 32.1. The second-order valence-corrected chi connectivity index (χ2v) is 17.2. The van der Waals surface area contributed by atoms with Crippen LogP contribution < -0.4 is 9.64 Å². The molecular formula is C54H41NO. The summed E-state index contributed by atoms with van der Waals surface area (Å²) in [6, 6.07) is 52.6. The van der Waals surface area contributed by atoms with E-state index in [4.69, 9.17) is 4.74 Å². The molecule has 0 spiro atoms. The summed E-state index contributed by atoms with van der Waals surface area (Å²) in [5.41, 5.74) is 15.5. The van der Waals surface area contributed by atoms with Crippen molar-refractivity contribution in [2.24, 2.45) is 0 Å². The second-order valence-electron chi connectivity index (χ2n) is 17.2. The average Bonchev–Trinajstić information content (AvgIpc) is 3.80. The molecule has 12 rings (SSSR count). The summed E-state index contributed by atoms with van der Waals surface area (Å²) < 4.78 is 6.62. The van der Waals surface area contributed by atoms with Gasteiger partial charge < -0.3 is 9.64 Å². The van der Waals surface area contributed by atoms with Crippen LogP contribution in [0.5, 0.6) is 5.75 Å². The van der Waals surface area contributed by atoms with Gasteiger partial charge in [0.05, 0.1) is 0 Å². The highest BCUT2D eigenvalue weighted by Crippen LogP contribution is 2.59. The fraction of sp³-hybridized carbons (Fsp3) is 0.148. The number of hydrogen-bond acceptors (Lipinski definition) is 2. The quantitative estimate of drug-likeness (QED) is 0.169. The molecule has 0 saturated carbocycles. The monoisotopic (exact) mass is 719 g/mol. The van der Waals surface area contributed by atoms with Crippen molar-refractivity contribution < 1.29 is 4.74 Å². The molecule has 2 unspecified atom stereocenters. The van der Waals surface area contributed by atoms with Gasteiger partial charge in [-0.2, -0.15) is 0 Å². The fourth-order valence-corrected chi connectivity index (χ4v) is 10.9. The minimum atomic E-state index is -0.209. The van der Waals surface area contributed by atoms with Gasteiger partial charge in [0.1, 0.15) is 11.9 Å². The third-order valence-electron chi connectivity index (χ3n) is 13.5. The molecule has 4 aliphatic rings. The summed E-state index contributed by atoms with van der Waals surface area (Å²) >= 11 is 0. The molecule has 0 saturated heterocycles. The summed E-state index contributed by atoms with van der Waals surface area (Å²) in [4.78, 5) is 2.45. The molecule has 0 radical (unpaired) electrons. The van der Waals surface area contributed by atoms with Crippen molar-refractivity contribution in [1.29, 1.82) is 0 Å². The lowest BCUT2D eigenvalue weighted by Gasteiger charge is -2.29. The number of hydrogen-bond donors (Lipinski definition) is 0. The summed E-state index contributed by atoms with van der Waals surface area (Å²) in [5, 5.41) is 7.65. The van der Waals surface area contributed by atoms with Crippen LogP contribution in [0.4, 0.5) is 17.1 Å². The van der Waals surface area contributed by atoms with Gasteiger partial charge in [-0.15, -0.1) is 0 Å². The molecule has 0 aromatic heterocycles. The average molecular weight is 720 g/mol. The Morgan fingerprint density at radius 3 is 1.86 bits per heavy atom. The molecule has 2 heteroatoms. The third kappa shape index (κ3) is 4.17. The Balaban J connectivity index is 1.07. The van der Waals surface area contributed by atoms with E-state index in [1.54, 1.807) is 0 Å². The summed E-state index contributed by atoms with van der Waals surface area (Å²) in [5.74, 6) is 1.20. The Hall–Kier alpha value is -6.38. The second kappa shape index (κ2) is 11.1. The minimum absolute atomic E-state index is 0.0372. The Labute approximate surface area is 328 Å². The summed E-state index contributed by atoms with van der Waals surface area (Å²) in [6.45, 7) is 9.62. The Morgan fingerprint density at radius 2 is 1.07 bits per heavy atom. The van der Waals surface area contributed by atoms with Crippen LogP contribution in [-0.2, 0) is 10.8 Å². The van der Waals surface area contributed by atoms with E-state index in [9.17, 15) is 0 Å². The number of anilines is 3. The van der Waals surface area contributed by atoms with Gasteiger partial charge in [-0.25, -0.2) is 0 Å². The van der Waals surface area contributed by atoms with Crippen LogP contribution in [-0.4, -0.2) is 6.10 Å². The molecule has 0 amide bonds. The van der Waals surface area contributed by atoms with Crippen LogP contribution in [0.1, 0.15) is 61.4 Å². The van der Waals surface area contributed by atoms with Gasteiger partial charge in [-0.1, -0.05) is 149 Å². The van der Waals surface area contributed by atoms with Gasteiger partial charge in [-0.05, 0) is 113 Å². The van der Waals surface area contributed by atoms with Crippen LogP contribution >= 0.6 is 0 Å². The highest BCUT2D eigenvalue weighted by molar-refractivity contribution is 6.25. The zero-order chi connectivity index (χ0) is 37.5. The number of ether oxygens (including phenoxy) is 1. The van der Waals surface area contributed by atoms with Gasteiger partial charge in [-0.3, -0.25) is 0 Å². The Kier molecular flexibility index (Phi) is 6.33. The predicted molar refractivity (Wildman–Crippen MR) is 234 cm³/mol. The topological polar surface area (TPSA) is 12.5 Å². The smallest absolute Gasteiger partial charge is 0.128 e. The first-order valence-electron chi connectivity index (χ1n) is 20.0. The third-order valence-corrected chi connectivity index (χ3v) is 13.5. The van der Waals surface area contributed by atoms with Crippen molar-refractivity contribution in [3.8, 4) is 28.0 Å². The largest absolute Gasteiger partial charge is 0.485 e. The lowest BCUT2D eigenvalue weighted by atomic mass is 9.77. The lowest BCUT2D eigenvalue weighted by molar-refractivity contribution is 0.269. The van der Waals surface area contributed by atoms with E-state index >= 15 is 0 Å². The lowest BCUT2D eigenvalue weighted by Crippen LogP contribution is -2.19. The van der Waals surface area contributed by atoms with Crippen molar-refractivity contribution in [1.82, 2.24) is 0 Å². The first kappa shape index (κ1) is 31.9. The summed E-state index contributed by atoms with van der Waals surface area (Å²) in [7, 11) is 0. The van der Waals surface area contributed by atoms with Crippen LogP contribution in [0.25, 0.3) is 54.6 Å². The molecule has 0 bridgehead atoms. The molecule has 1 heterocycles. The zero-order valence-corrected chi connectivity index (χ0v) is 32.1. The first-order chi connectivity index (χ1) is 27.3. The van der Waals surface area contributed by atoms with Crippen molar-refractivity contribution in [2.45, 2.75) is 50.5 Å². The van der Waals surface area contributed by atoms with Crippen LogP contribution in [0.2, 0.25) is 0 Å². The maximum absolute atomic E-state index is 6.62. The van der Waals surface area contributed by atoms with E-state index in [0.717, 1.165) is 22.8 Å². The van der Waals surface area contributed by atoms with Gasteiger partial charge in [0.25, 0.3) is 0 Å². The van der Waals surface area contributed by atoms with E-state index in [2.05, 4.69) is 196 Å². The highest BCUT2D eigenvalue weighted by Gasteiger charge is 2.44. The van der Waals surface area contributed by atoms with Crippen LogP contribution in [0.15, 0.2) is 164 Å². The molecule has 56 heavy (non-hydrogen) atoms. The van der Waals surface area contributed by atoms with Crippen LogP contribution in [0.3, 0.4) is 0 Å². The Morgan fingerprint density at radius 1 is 0.464 bits per heavy atom. The standard InChI is InChI=1S/C54H41NO/c1-53(2)46-19-11-9-18-44(46)51-47(53)28-27-43-40-25-22-33(30-48(40)54(3,4)52(43)51)55(34-23-26-42-41-17-10-12-20-49(41)56-50(42)31-34)32-21-24-39-37-15-6-5-13-35(37)36-14-7-8-16-38(36)45(39)29-32/h5-31,41,49H,1-4H3. The number of nitrogens with zero attached hydrogens (tertiary/aromatic N) is 1. The van der Waals surface area contributed by atoms with Gasteiger partial charge >= 0.3 is 0 Å². The van der Waals surface area contributed by atoms with Gasteiger partial charge in [0, 0.05) is 45.4 Å². The van der Waals surface area contributed by atoms with Crippen molar-refractivity contribution in [3.05, 3.63) is 192 Å². The normalized spacial score (nSPS) is 18.6. The molecule has 2 atom stereocenters. The molecule has 0 N–H and O–H groups in total. The number of fused-ring (bicyclic) bond motifs is 16. The van der Waals surface area contributed by atoms with Crippen molar-refractivity contribution in [2.75, 3.05) is 4.90 Å². The molecule has 8 aromatic carbocycles. The maximum Gasteiger partial charge on any atom is 0.128 e.